The fourth-order valence-corrected chi connectivity index (χ4v) is 2.13. The quantitative estimate of drug-likeness (QED) is 0.807. The summed E-state index contributed by atoms with van der Waals surface area (Å²) in [5.41, 5.74) is 1.05. The Morgan fingerprint density at radius 3 is 2.63 bits per heavy atom. The first-order valence-corrected chi connectivity index (χ1v) is 7.01. The summed E-state index contributed by atoms with van der Waals surface area (Å²) in [4.78, 5) is 6.67. The molecule has 0 aromatic carbocycles. The fraction of sp³-hybridized carbons (Fsp3) is 0.533. The van der Waals surface area contributed by atoms with E-state index >= 15 is 0 Å². The Kier molecular flexibility index (Phi) is 5.83. The van der Waals surface area contributed by atoms with Gasteiger partial charge in [0.25, 0.3) is 0 Å². The van der Waals surface area contributed by atoms with Crippen LogP contribution in [0.5, 0.6) is 0 Å². The number of nitrogens with one attached hydrogen (secondary N) is 1. The molecule has 1 heterocycles. The highest BCUT2D eigenvalue weighted by Crippen LogP contribution is 2.29. The molecule has 3 nitrogen and oxygen atoms in total. The second-order valence-electron chi connectivity index (χ2n) is 5.50. The molecule has 0 aliphatic heterocycles. The van der Waals surface area contributed by atoms with Crippen LogP contribution in [0.3, 0.4) is 0 Å². The largest absolute Gasteiger partial charge is 0.347 e. The molecule has 1 aromatic rings. The van der Waals surface area contributed by atoms with Gasteiger partial charge in [-0.05, 0) is 38.9 Å². The van der Waals surface area contributed by atoms with Gasteiger partial charge in [-0.3, -0.25) is 0 Å². The molecule has 0 radical (unpaired) electrons. The molecule has 0 atom stereocenters. The zero-order valence-electron chi connectivity index (χ0n) is 12.3. The Morgan fingerprint density at radius 1 is 1.47 bits per heavy atom. The van der Waals surface area contributed by atoms with Crippen molar-refractivity contribution >= 4 is 17.4 Å². The van der Waals surface area contributed by atoms with Gasteiger partial charge in [0, 0.05) is 24.8 Å². The van der Waals surface area contributed by atoms with Crippen molar-refractivity contribution in [3.8, 4) is 0 Å². The van der Waals surface area contributed by atoms with Gasteiger partial charge >= 0.3 is 0 Å². The van der Waals surface area contributed by atoms with E-state index in [2.05, 4.69) is 49.5 Å². The minimum Gasteiger partial charge on any atom is -0.347 e. The minimum atomic E-state index is -0.0476. The van der Waals surface area contributed by atoms with Gasteiger partial charge in [-0.15, -0.1) is 6.58 Å². The van der Waals surface area contributed by atoms with Gasteiger partial charge in [0.2, 0.25) is 0 Å². The van der Waals surface area contributed by atoms with E-state index in [1.165, 1.54) is 0 Å². The summed E-state index contributed by atoms with van der Waals surface area (Å²) in [6.07, 6.45) is 3.75. The van der Waals surface area contributed by atoms with Crippen LogP contribution in [-0.4, -0.2) is 23.6 Å². The van der Waals surface area contributed by atoms with E-state index in [0.29, 0.717) is 5.02 Å². The Balaban J connectivity index is 3.01. The van der Waals surface area contributed by atoms with Gasteiger partial charge in [0.1, 0.15) is 5.82 Å². The van der Waals surface area contributed by atoms with Gasteiger partial charge in [-0.2, -0.15) is 0 Å². The minimum absolute atomic E-state index is 0.0476. The number of aromatic nitrogens is 1. The average molecular weight is 282 g/mol. The highest BCUT2D eigenvalue weighted by Gasteiger charge is 2.23. The molecule has 0 amide bonds. The van der Waals surface area contributed by atoms with Crippen molar-refractivity contribution in [1.82, 2.24) is 10.3 Å². The Morgan fingerprint density at radius 2 is 2.16 bits per heavy atom. The van der Waals surface area contributed by atoms with Gasteiger partial charge in [-0.1, -0.05) is 24.6 Å². The lowest BCUT2D eigenvalue weighted by Crippen LogP contribution is -2.42. The van der Waals surface area contributed by atoms with Crippen LogP contribution in [0.1, 0.15) is 33.3 Å². The van der Waals surface area contributed by atoms with Gasteiger partial charge in [0.05, 0.1) is 5.02 Å². The second-order valence-corrected chi connectivity index (χ2v) is 5.91. The SMILES string of the molecule is C=CCN(c1ncc(CNCC)cc1Cl)C(C)(C)C. The molecule has 0 fully saturated rings. The maximum atomic E-state index is 6.38. The summed E-state index contributed by atoms with van der Waals surface area (Å²) in [5.74, 6) is 0.814. The van der Waals surface area contributed by atoms with Crippen molar-refractivity contribution in [2.75, 3.05) is 18.0 Å². The third-order valence-corrected chi connectivity index (χ3v) is 3.11. The lowest BCUT2D eigenvalue weighted by atomic mass is 10.1. The molecule has 0 saturated heterocycles. The first-order valence-electron chi connectivity index (χ1n) is 6.63. The van der Waals surface area contributed by atoms with E-state index in [0.717, 1.165) is 31.0 Å². The van der Waals surface area contributed by atoms with Crippen LogP contribution in [0.25, 0.3) is 0 Å². The van der Waals surface area contributed by atoms with Crippen molar-refractivity contribution < 1.29 is 0 Å². The first kappa shape index (κ1) is 16.0. The predicted molar refractivity (Wildman–Crippen MR) is 83.9 cm³/mol. The molecule has 1 rings (SSSR count). The number of pyridine rings is 1. The number of halogens is 1. The van der Waals surface area contributed by atoms with Crippen molar-refractivity contribution in [2.45, 2.75) is 39.8 Å². The molecule has 0 bridgehead atoms. The zero-order chi connectivity index (χ0) is 14.5. The molecular formula is C15H24ClN3. The van der Waals surface area contributed by atoms with Crippen LogP contribution in [0.15, 0.2) is 24.9 Å². The summed E-state index contributed by atoms with van der Waals surface area (Å²) in [5, 5.41) is 3.95. The molecule has 0 spiro atoms. The van der Waals surface area contributed by atoms with Crippen LogP contribution in [0.4, 0.5) is 5.82 Å². The molecule has 0 aliphatic carbocycles. The van der Waals surface area contributed by atoms with Gasteiger partial charge < -0.3 is 10.2 Å². The predicted octanol–water partition coefficient (Wildman–Crippen LogP) is 3.64. The third kappa shape index (κ3) is 4.51. The van der Waals surface area contributed by atoms with Crippen molar-refractivity contribution in [2.24, 2.45) is 0 Å². The number of anilines is 1. The zero-order valence-corrected chi connectivity index (χ0v) is 13.1. The first-order chi connectivity index (χ1) is 8.90. The molecule has 106 valence electrons. The maximum Gasteiger partial charge on any atom is 0.148 e. The lowest BCUT2D eigenvalue weighted by Gasteiger charge is -2.36. The number of nitrogens with zero attached hydrogens (tertiary/aromatic N) is 2. The molecule has 4 heteroatoms. The molecule has 0 aliphatic rings. The highest BCUT2D eigenvalue weighted by molar-refractivity contribution is 6.33. The standard InChI is InChI=1S/C15H24ClN3/c1-6-8-19(15(3,4)5)14-13(16)9-12(11-18-14)10-17-7-2/h6,9,11,17H,1,7-8,10H2,2-5H3. The van der Waals surface area contributed by atoms with Gasteiger partial charge in [-0.25, -0.2) is 4.98 Å². The molecule has 0 saturated carbocycles. The van der Waals surface area contributed by atoms with Crippen molar-refractivity contribution in [3.05, 3.63) is 35.5 Å². The fourth-order valence-electron chi connectivity index (χ4n) is 1.84. The summed E-state index contributed by atoms with van der Waals surface area (Å²) in [6, 6.07) is 1.98. The summed E-state index contributed by atoms with van der Waals surface area (Å²) in [7, 11) is 0. The molecule has 0 unspecified atom stereocenters. The third-order valence-electron chi connectivity index (χ3n) is 2.83. The number of hydrogen-bond donors (Lipinski definition) is 1. The van der Waals surface area contributed by atoms with Crippen LogP contribution < -0.4 is 10.2 Å². The Labute approximate surface area is 121 Å². The summed E-state index contributed by atoms with van der Waals surface area (Å²) >= 11 is 6.38. The summed E-state index contributed by atoms with van der Waals surface area (Å²) in [6.45, 7) is 14.8. The maximum absolute atomic E-state index is 6.38. The second kappa shape index (κ2) is 6.92. The average Bonchev–Trinajstić information content (AvgIpc) is 2.33. The molecular weight excluding hydrogens is 258 g/mol. The van der Waals surface area contributed by atoms with Crippen LogP contribution in [0, 0.1) is 0 Å². The Hall–Kier alpha value is -1.06. The number of hydrogen-bond acceptors (Lipinski definition) is 3. The van der Waals surface area contributed by atoms with Crippen molar-refractivity contribution in [1.29, 1.82) is 0 Å². The molecule has 19 heavy (non-hydrogen) atoms. The van der Waals surface area contributed by atoms with E-state index in [9.17, 15) is 0 Å². The summed E-state index contributed by atoms with van der Waals surface area (Å²) < 4.78 is 0. The topological polar surface area (TPSA) is 28.2 Å². The van der Waals surface area contributed by atoms with E-state index in [1.54, 1.807) is 0 Å². The van der Waals surface area contributed by atoms with Crippen LogP contribution in [-0.2, 0) is 6.54 Å². The monoisotopic (exact) mass is 281 g/mol. The van der Waals surface area contributed by atoms with E-state index in [1.807, 2.05) is 18.3 Å². The van der Waals surface area contributed by atoms with Crippen molar-refractivity contribution in [3.63, 3.8) is 0 Å². The highest BCUT2D eigenvalue weighted by atomic mass is 35.5. The van der Waals surface area contributed by atoms with Crippen LogP contribution >= 0.6 is 11.6 Å². The molecule has 1 N–H and O–H groups in total. The number of rotatable bonds is 6. The smallest absolute Gasteiger partial charge is 0.148 e. The van der Waals surface area contributed by atoms with E-state index in [-0.39, 0.29) is 5.54 Å². The lowest BCUT2D eigenvalue weighted by molar-refractivity contribution is 0.517. The van der Waals surface area contributed by atoms with E-state index < -0.39 is 0 Å². The molecule has 1 aromatic heterocycles. The van der Waals surface area contributed by atoms with Gasteiger partial charge in [0.15, 0.2) is 0 Å². The van der Waals surface area contributed by atoms with Crippen LogP contribution in [0.2, 0.25) is 5.02 Å². The normalized spacial score (nSPS) is 11.4. The van der Waals surface area contributed by atoms with E-state index in [4.69, 9.17) is 11.6 Å². The Bertz CT molecular complexity index is 424.